The smallest absolute Gasteiger partial charge is 0.290 e. The second-order valence-corrected chi connectivity index (χ2v) is 6.67. The first-order valence-corrected chi connectivity index (χ1v) is 8.78. The molecule has 6 heteroatoms. The van der Waals surface area contributed by atoms with Crippen LogP contribution >= 0.6 is 0 Å². The van der Waals surface area contributed by atoms with Gasteiger partial charge in [-0.25, -0.2) is 0 Å². The van der Waals surface area contributed by atoms with Gasteiger partial charge in [0.2, 0.25) is 0 Å². The zero-order chi connectivity index (χ0) is 20.7. The molecule has 0 atom stereocenters. The molecular formula is C22H26N2O4. The van der Waals surface area contributed by atoms with Crippen LogP contribution in [0.3, 0.4) is 0 Å². The van der Waals surface area contributed by atoms with Crippen LogP contribution in [0.2, 0.25) is 0 Å². The standard InChI is InChI=1S/C21H24N2O2.CH2O2/c1-21(2)16-8-6-7-9-18(16)23(3)20(21)12-13-22-17-11-10-15(24-4)14-19(17)25-5;2-1-3/h6-14H,1-5H3;1H,(H,2,3). The maximum absolute atomic E-state index is 8.36. The fourth-order valence-corrected chi connectivity index (χ4v) is 3.38. The summed E-state index contributed by atoms with van der Waals surface area (Å²) in [5, 5.41) is 6.89. The van der Waals surface area contributed by atoms with E-state index in [1.54, 1.807) is 14.2 Å². The summed E-state index contributed by atoms with van der Waals surface area (Å²) < 4.78 is 10.6. The second-order valence-electron chi connectivity index (χ2n) is 6.67. The number of hydrogen-bond acceptors (Lipinski definition) is 5. The van der Waals surface area contributed by atoms with Crippen molar-refractivity contribution in [3.63, 3.8) is 0 Å². The Morgan fingerprint density at radius 3 is 2.39 bits per heavy atom. The third-order valence-corrected chi connectivity index (χ3v) is 4.77. The van der Waals surface area contributed by atoms with Crippen molar-refractivity contribution < 1.29 is 19.4 Å². The van der Waals surface area contributed by atoms with Crippen LogP contribution in [0.15, 0.2) is 59.2 Å². The number of para-hydroxylation sites is 1. The van der Waals surface area contributed by atoms with Crippen LogP contribution in [0.5, 0.6) is 11.5 Å². The van der Waals surface area contributed by atoms with E-state index in [0.717, 1.165) is 11.4 Å². The number of nitrogens with zero attached hydrogens (tertiary/aromatic N) is 2. The average molecular weight is 382 g/mol. The Morgan fingerprint density at radius 1 is 1.11 bits per heavy atom. The number of hydrogen-bond donors (Lipinski definition) is 1. The van der Waals surface area contributed by atoms with Crippen LogP contribution in [0.4, 0.5) is 11.4 Å². The number of methoxy groups -OCH3 is 2. The maximum Gasteiger partial charge on any atom is 0.290 e. The Bertz CT molecular complexity index is 888. The summed E-state index contributed by atoms with van der Waals surface area (Å²) in [6.07, 6.45) is 3.91. The number of anilines is 1. The highest BCUT2D eigenvalue weighted by molar-refractivity contribution is 5.81. The Morgan fingerprint density at radius 2 is 1.79 bits per heavy atom. The average Bonchev–Trinajstić information content (AvgIpc) is 2.89. The summed E-state index contributed by atoms with van der Waals surface area (Å²) in [7, 11) is 5.37. The van der Waals surface area contributed by atoms with Gasteiger partial charge in [0.05, 0.1) is 14.2 Å². The lowest BCUT2D eigenvalue weighted by molar-refractivity contribution is -0.122. The number of carboxylic acid groups (broad SMARTS) is 1. The van der Waals surface area contributed by atoms with Gasteiger partial charge >= 0.3 is 0 Å². The SMILES string of the molecule is COc1ccc(N=CC=C2N(C)c3ccccc3C2(C)C)c(OC)c1.O=CO. The number of fused-ring (bicyclic) bond motifs is 1. The Kier molecular flexibility index (Phi) is 6.82. The Balaban J connectivity index is 0.000000878. The van der Waals surface area contributed by atoms with E-state index in [2.05, 4.69) is 61.1 Å². The van der Waals surface area contributed by atoms with Crippen molar-refractivity contribution in [1.29, 1.82) is 0 Å². The Labute approximate surface area is 165 Å². The van der Waals surface area contributed by atoms with Gasteiger partial charge in [0.25, 0.3) is 6.47 Å². The monoisotopic (exact) mass is 382 g/mol. The fraction of sp³-hybridized carbons (Fsp3) is 0.273. The first-order valence-electron chi connectivity index (χ1n) is 8.78. The fourth-order valence-electron chi connectivity index (χ4n) is 3.38. The van der Waals surface area contributed by atoms with Crippen molar-refractivity contribution in [1.82, 2.24) is 0 Å². The van der Waals surface area contributed by atoms with Gasteiger partial charge in [0.15, 0.2) is 0 Å². The molecule has 1 aliphatic rings. The van der Waals surface area contributed by atoms with Crippen LogP contribution in [0.1, 0.15) is 19.4 Å². The molecule has 2 aromatic rings. The third kappa shape index (κ3) is 4.17. The number of aliphatic imine (C=N–C) groups is 1. The molecular weight excluding hydrogens is 356 g/mol. The molecule has 148 valence electrons. The molecule has 1 heterocycles. The van der Waals surface area contributed by atoms with E-state index in [4.69, 9.17) is 19.4 Å². The molecule has 0 bridgehead atoms. The normalized spacial score (nSPS) is 15.8. The van der Waals surface area contributed by atoms with E-state index in [1.807, 2.05) is 24.4 Å². The van der Waals surface area contributed by atoms with Gasteiger partial charge in [-0.2, -0.15) is 0 Å². The van der Waals surface area contributed by atoms with E-state index >= 15 is 0 Å². The van der Waals surface area contributed by atoms with Gasteiger partial charge < -0.3 is 19.5 Å². The number of rotatable bonds is 4. The van der Waals surface area contributed by atoms with Crippen molar-refractivity contribution >= 4 is 24.1 Å². The molecule has 6 nitrogen and oxygen atoms in total. The first-order chi connectivity index (χ1) is 13.4. The number of benzene rings is 2. The molecule has 0 amide bonds. The summed E-state index contributed by atoms with van der Waals surface area (Å²) in [6.45, 7) is 4.23. The van der Waals surface area contributed by atoms with Crippen molar-refractivity contribution in [2.75, 3.05) is 26.2 Å². The van der Waals surface area contributed by atoms with Crippen LogP contribution in [0, 0.1) is 0 Å². The first kappa shape index (κ1) is 21.0. The molecule has 0 aliphatic carbocycles. The summed E-state index contributed by atoms with van der Waals surface area (Å²) in [4.78, 5) is 15.2. The topological polar surface area (TPSA) is 71.4 Å². The number of ether oxygens (including phenoxy) is 2. The molecule has 0 unspecified atom stereocenters. The molecule has 1 aliphatic heterocycles. The molecule has 3 rings (SSSR count). The van der Waals surface area contributed by atoms with E-state index in [0.29, 0.717) is 5.75 Å². The maximum atomic E-state index is 8.36. The largest absolute Gasteiger partial charge is 0.497 e. The van der Waals surface area contributed by atoms with E-state index < -0.39 is 0 Å². The molecule has 0 saturated heterocycles. The summed E-state index contributed by atoms with van der Waals surface area (Å²) in [5.74, 6) is 1.44. The van der Waals surface area contributed by atoms with Crippen LogP contribution in [-0.2, 0) is 10.2 Å². The number of likely N-dealkylation sites (N-methyl/N-ethyl adjacent to an activating group) is 1. The van der Waals surface area contributed by atoms with Gasteiger partial charge in [0.1, 0.15) is 17.2 Å². The minimum Gasteiger partial charge on any atom is -0.497 e. The minimum atomic E-state index is -0.250. The third-order valence-electron chi connectivity index (χ3n) is 4.77. The van der Waals surface area contributed by atoms with Crippen molar-refractivity contribution in [3.05, 3.63) is 59.8 Å². The van der Waals surface area contributed by atoms with E-state index in [1.165, 1.54) is 16.9 Å². The van der Waals surface area contributed by atoms with Crippen molar-refractivity contribution in [2.45, 2.75) is 19.3 Å². The second kappa shape index (κ2) is 9.08. The molecule has 0 aromatic heterocycles. The summed E-state index contributed by atoms with van der Waals surface area (Å²) >= 11 is 0. The minimum absolute atomic E-state index is 0.0542. The summed E-state index contributed by atoms with van der Waals surface area (Å²) in [5.41, 5.74) is 4.51. The molecule has 0 fully saturated rings. The summed E-state index contributed by atoms with van der Waals surface area (Å²) in [6, 6.07) is 14.1. The predicted octanol–water partition coefficient (Wildman–Crippen LogP) is 4.42. The lowest BCUT2D eigenvalue weighted by atomic mass is 9.84. The van der Waals surface area contributed by atoms with Crippen LogP contribution < -0.4 is 14.4 Å². The van der Waals surface area contributed by atoms with Crippen LogP contribution in [0.25, 0.3) is 0 Å². The predicted molar refractivity (Wildman–Crippen MR) is 112 cm³/mol. The van der Waals surface area contributed by atoms with Crippen LogP contribution in [-0.4, -0.2) is 39.1 Å². The molecule has 1 N–H and O–H groups in total. The van der Waals surface area contributed by atoms with Gasteiger partial charge in [-0.15, -0.1) is 0 Å². The Hall–Kier alpha value is -3.28. The number of allylic oxidation sites excluding steroid dienone is 2. The molecule has 0 spiro atoms. The highest BCUT2D eigenvalue weighted by atomic mass is 16.5. The molecule has 0 radical (unpaired) electrons. The van der Waals surface area contributed by atoms with Gasteiger partial charge in [-0.05, 0) is 29.8 Å². The van der Waals surface area contributed by atoms with Gasteiger partial charge in [0, 0.05) is 36.1 Å². The quantitative estimate of drug-likeness (QED) is 0.626. The molecule has 0 saturated carbocycles. The highest BCUT2D eigenvalue weighted by Crippen LogP contribution is 2.46. The van der Waals surface area contributed by atoms with Gasteiger partial charge in [-0.3, -0.25) is 9.79 Å². The zero-order valence-electron chi connectivity index (χ0n) is 16.8. The zero-order valence-corrected chi connectivity index (χ0v) is 16.8. The highest BCUT2D eigenvalue weighted by Gasteiger charge is 2.37. The lowest BCUT2D eigenvalue weighted by Gasteiger charge is -2.23. The van der Waals surface area contributed by atoms with Gasteiger partial charge in [-0.1, -0.05) is 32.0 Å². The molecule has 2 aromatic carbocycles. The van der Waals surface area contributed by atoms with Crippen molar-refractivity contribution in [3.8, 4) is 11.5 Å². The molecule has 28 heavy (non-hydrogen) atoms. The van der Waals surface area contributed by atoms with Crippen molar-refractivity contribution in [2.24, 2.45) is 4.99 Å². The number of carbonyl (C=O) groups is 1. The van der Waals surface area contributed by atoms with E-state index in [-0.39, 0.29) is 11.9 Å². The van der Waals surface area contributed by atoms with E-state index in [9.17, 15) is 0 Å². The lowest BCUT2D eigenvalue weighted by Crippen LogP contribution is -2.23.